The van der Waals surface area contributed by atoms with Crippen molar-refractivity contribution >= 4 is 5.91 Å². The average molecular weight is 1300 g/mol. The lowest BCUT2D eigenvalue weighted by Gasteiger charge is -2.46. The number of aliphatic hydroxyl groups excluding tert-OH is 8. The minimum absolute atomic E-state index is 0.244. The molecule has 532 valence electrons. The third-order valence-electron chi connectivity index (χ3n) is 17.0. The van der Waals surface area contributed by atoms with E-state index in [4.69, 9.17) is 18.9 Å². The molecule has 0 aromatic heterocycles. The molecule has 93 heavy (non-hydrogen) atoms. The molecule has 2 heterocycles. The normalized spacial score (nSPS) is 23.4. The summed E-state index contributed by atoms with van der Waals surface area (Å²) >= 11 is 0. The second kappa shape index (κ2) is 61.7. The summed E-state index contributed by atoms with van der Waals surface area (Å²) in [5.41, 5.74) is 0. The van der Waals surface area contributed by atoms with Gasteiger partial charge in [-0.05, 0) is 109 Å². The highest BCUT2D eigenvalue weighted by molar-refractivity contribution is 5.76. The van der Waals surface area contributed by atoms with Crippen LogP contribution < -0.4 is 5.32 Å². The Morgan fingerprint density at radius 1 is 0.398 bits per heavy atom. The Morgan fingerprint density at radius 2 is 0.753 bits per heavy atom. The van der Waals surface area contributed by atoms with Crippen molar-refractivity contribution in [3.05, 3.63) is 134 Å². The molecule has 2 saturated heterocycles. The maximum absolute atomic E-state index is 13.3. The number of carbonyl (C=O) groups excluding carboxylic acids is 1. The first-order valence-corrected chi connectivity index (χ1v) is 36.9. The molecule has 0 saturated carbocycles. The number of ether oxygens (including phenoxy) is 4. The zero-order chi connectivity index (χ0) is 67.3. The van der Waals surface area contributed by atoms with Crippen LogP contribution in [-0.2, 0) is 23.7 Å². The van der Waals surface area contributed by atoms with E-state index in [-0.39, 0.29) is 18.9 Å². The van der Waals surface area contributed by atoms with Crippen molar-refractivity contribution in [2.24, 2.45) is 0 Å². The minimum Gasteiger partial charge on any atom is -0.394 e. The van der Waals surface area contributed by atoms with E-state index in [9.17, 15) is 45.6 Å². The van der Waals surface area contributed by atoms with Gasteiger partial charge in [0.2, 0.25) is 5.91 Å². The van der Waals surface area contributed by atoms with Crippen LogP contribution in [0.5, 0.6) is 0 Å². The molecular weight excluding hydrogens is 1170 g/mol. The molecule has 0 aromatic carbocycles. The summed E-state index contributed by atoms with van der Waals surface area (Å²) in [5.74, 6) is -0.272. The molecule has 9 N–H and O–H groups in total. The lowest BCUT2D eigenvalue weighted by atomic mass is 9.97. The molecule has 14 nitrogen and oxygen atoms in total. The molecule has 0 spiro atoms. The predicted octanol–water partition coefficient (Wildman–Crippen LogP) is 15.8. The van der Waals surface area contributed by atoms with Gasteiger partial charge in [0.15, 0.2) is 12.6 Å². The Balaban J connectivity index is 1.71. The van der Waals surface area contributed by atoms with Gasteiger partial charge in [0, 0.05) is 6.42 Å². The maximum Gasteiger partial charge on any atom is 0.220 e. The standard InChI is InChI=1S/C79H133NO13/c1-3-5-7-9-11-13-15-17-19-21-23-25-27-29-31-33-34-35-37-39-41-43-45-47-49-51-53-55-57-59-61-63-71(84)80-67(66-90-78-76(89)74(87)77(70(65-82)92-78)93-79-75(88)73(86)72(85)69(64-81)91-79)68(83)62-60-58-56-54-52-50-48-46-44-42-40-38-36-32-30-28-26-24-22-20-18-16-14-12-10-8-6-4-2/h5,7,11,13,17,19,23,25,29,31,34-35,39,41,44-47,52,54,60,62,67-70,72-79,81-83,85-89H,3-4,6,8-10,12,14-16,18,20-22,24,26-28,30,32-33,36-38,40,42-43,48-51,53,55-59,61,63-66H2,1-2H3,(H,80,84)/b7-5-,13-11-,19-17-,25-23-,31-29-,35-34-,41-39-,46-44+,47-45-,54-52+,62-60+. The first-order chi connectivity index (χ1) is 45.6. The molecule has 2 fully saturated rings. The van der Waals surface area contributed by atoms with E-state index in [0.29, 0.717) is 12.8 Å². The van der Waals surface area contributed by atoms with Gasteiger partial charge in [-0.25, -0.2) is 0 Å². The number of aliphatic hydroxyl groups is 8. The largest absolute Gasteiger partial charge is 0.394 e. The maximum atomic E-state index is 13.3. The topological polar surface area (TPSA) is 228 Å². The van der Waals surface area contributed by atoms with Crippen molar-refractivity contribution in [2.45, 2.75) is 338 Å². The molecule has 0 aliphatic carbocycles. The van der Waals surface area contributed by atoms with Crippen LogP contribution in [0.4, 0.5) is 0 Å². The van der Waals surface area contributed by atoms with Crippen molar-refractivity contribution in [3.63, 3.8) is 0 Å². The van der Waals surface area contributed by atoms with Crippen LogP contribution in [0.3, 0.4) is 0 Å². The number of unbranched alkanes of at least 4 members (excludes halogenated alkanes) is 26. The smallest absolute Gasteiger partial charge is 0.220 e. The van der Waals surface area contributed by atoms with Crippen molar-refractivity contribution in [2.75, 3.05) is 19.8 Å². The van der Waals surface area contributed by atoms with Gasteiger partial charge in [0.05, 0.1) is 32.0 Å². The quantitative estimate of drug-likeness (QED) is 0.0204. The average Bonchev–Trinajstić information content (AvgIpc) is 0.851. The lowest BCUT2D eigenvalue weighted by molar-refractivity contribution is -0.359. The summed E-state index contributed by atoms with van der Waals surface area (Å²) < 4.78 is 22.8. The summed E-state index contributed by atoms with van der Waals surface area (Å²) in [4.78, 5) is 13.3. The van der Waals surface area contributed by atoms with E-state index in [0.717, 1.165) is 116 Å². The van der Waals surface area contributed by atoms with Crippen LogP contribution in [-0.4, -0.2) is 140 Å². The summed E-state index contributed by atoms with van der Waals surface area (Å²) in [7, 11) is 0. The van der Waals surface area contributed by atoms with Crippen LogP contribution >= 0.6 is 0 Å². The number of allylic oxidation sites excluding steroid dienone is 21. The Kier molecular flexibility index (Phi) is 56.5. The van der Waals surface area contributed by atoms with Crippen LogP contribution in [0, 0.1) is 0 Å². The molecule has 2 aliphatic rings. The number of rotatable bonds is 59. The monoisotopic (exact) mass is 1300 g/mol. The lowest BCUT2D eigenvalue weighted by Crippen LogP contribution is -2.65. The first kappa shape index (κ1) is 85.2. The van der Waals surface area contributed by atoms with E-state index in [1.54, 1.807) is 6.08 Å². The van der Waals surface area contributed by atoms with Gasteiger partial charge in [-0.3, -0.25) is 4.79 Å². The molecule has 0 bridgehead atoms. The molecule has 2 rings (SSSR count). The van der Waals surface area contributed by atoms with E-state index in [1.807, 2.05) is 6.08 Å². The van der Waals surface area contributed by atoms with Gasteiger partial charge in [-0.2, -0.15) is 0 Å². The van der Waals surface area contributed by atoms with Crippen molar-refractivity contribution < 1.29 is 64.6 Å². The zero-order valence-electron chi connectivity index (χ0n) is 57.9. The van der Waals surface area contributed by atoms with Gasteiger partial charge < -0.3 is 65.1 Å². The molecule has 0 aromatic rings. The van der Waals surface area contributed by atoms with Gasteiger partial charge in [0.25, 0.3) is 0 Å². The minimum atomic E-state index is -1.80. The van der Waals surface area contributed by atoms with Crippen molar-refractivity contribution in [3.8, 4) is 0 Å². The summed E-state index contributed by atoms with van der Waals surface area (Å²) in [6.07, 6.45) is 75.1. The predicted molar refractivity (Wildman–Crippen MR) is 382 cm³/mol. The molecule has 12 atom stereocenters. The Morgan fingerprint density at radius 3 is 1.18 bits per heavy atom. The fraction of sp³-hybridized carbons (Fsp3) is 0.709. The number of carbonyl (C=O) groups is 1. The SMILES string of the molecule is CC/C=C\C/C=C\C/C=C\C/C=C\C/C=C\C/C=C\C/C=C\C/C=C\CCCCCCCCC(=O)NC(COC1OC(CO)C(OC2OC(CO)C(O)C(O)C2O)C(O)C1O)C(O)/C=C/CC/C=C/CC/C=C/CCCCCCCCCCCCCCCCCCCC. The first-order valence-electron chi connectivity index (χ1n) is 36.9. The van der Waals surface area contributed by atoms with Crippen LogP contribution in [0.15, 0.2) is 134 Å². The van der Waals surface area contributed by atoms with Crippen molar-refractivity contribution in [1.82, 2.24) is 5.32 Å². The number of hydrogen-bond acceptors (Lipinski definition) is 13. The highest BCUT2D eigenvalue weighted by Gasteiger charge is 2.51. The summed E-state index contributed by atoms with van der Waals surface area (Å²) in [6.45, 7) is 2.66. The Hall–Kier alpha value is -3.87. The Labute approximate surface area is 564 Å². The van der Waals surface area contributed by atoms with Crippen LogP contribution in [0.25, 0.3) is 0 Å². The van der Waals surface area contributed by atoms with Crippen LogP contribution in [0.1, 0.15) is 264 Å². The second-order valence-corrected chi connectivity index (χ2v) is 25.3. The van der Waals surface area contributed by atoms with Gasteiger partial charge >= 0.3 is 0 Å². The Bertz CT molecular complexity index is 2070. The number of amides is 1. The van der Waals surface area contributed by atoms with Gasteiger partial charge in [0.1, 0.15) is 48.8 Å². The second-order valence-electron chi connectivity index (χ2n) is 25.3. The molecule has 0 radical (unpaired) electrons. The number of nitrogens with one attached hydrogen (secondary N) is 1. The fourth-order valence-electron chi connectivity index (χ4n) is 11.2. The molecule has 14 heteroatoms. The summed E-state index contributed by atoms with van der Waals surface area (Å²) in [5, 5.41) is 87.5. The van der Waals surface area contributed by atoms with E-state index < -0.39 is 86.8 Å². The molecule has 12 unspecified atom stereocenters. The third-order valence-corrected chi connectivity index (χ3v) is 17.0. The van der Waals surface area contributed by atoms with Gasteiger partial charge in [-0.15, -0.1) is 0 Å². The van der Waals surface area contributed by atoms with Gasteiger partial charge in [-0.1, -0.05) is 282 Å². The van der Waals surface area contributed by atoms with E-state index in [2.05, 4.69) is 141 Å². The van der Waals surface area contributed by atoms with Crippen LogP contribution in [0.2, 0.25) is 0 Å². The highest BCUT2D eigenvalue weighted by Crippen LogP contribution is 2.30. The molecule has 2 aliphatic heterocycles. The number of hydrogen-bond donors (Lipinski definition) is 9. The van der Waals surface area contributed by atoms with E-state index in [1.165, 1.54) is 116 Å². The van der Waals surface area contributed by atoms with E-state index >= 15 is 0 Å². The summed E-state index contributed by atoms with van der Waals surface area (Å²) in [6, 6.07) is -0.959. The zero-order valence-corrected chi connectivity index (χ0v) is 57.9. The molecule has 1 amide bonds. The fourth-order valence-corrected chi connectivity index (χ4v) is 11.2. The highest BCUT2D eigenvalue weighted by atomic mass is 16.7. The van der Waals surface area contributed by atoms with Crippen molar-refractivity contribution in [1.29, 1.82) is 0 Å². The molecular formula is C79H133NO13. The third kappa shape index (κ3) is 45.3.